The maximum Gasteiger partial charge on any atom is 0.238 e. The second-order valence-corrected chi connectivity index (χ2v) is 8.91. The van der Waals surface area contributed by atoms with Crippen molar-refractivity contribution in [3.8, 4) is 5.75 Å². The lowest BCUT2D eigenvalue weighted by atomic mass is 9.84. The van der Waals surface area contributed by atoms with Crippen molar-refractivity contribution in [2.24, 2.45) is 0 Å². The summed E-state index contributed by atoms with van der Waals surface area (Å²) in [5.74, 6) is 0.516. The van der Waals surface area contributed by atoms with Gasteiger partial charge in [-0.3, -0.25) is 9.59 Å². The fourth-order valence-corrected chi connectivity index (χ4v) is 4.53. The molecule has 0 saturated carbocycles. The van der Waals surface area contributed by atoms with Crippen LogP contribution in [0.2, 0.25) is 0 Å². The van der Waals surface area contributed by atoms with Crippen molar-refractivity contribution in [2.75, 3.05) is 32.6 Å². The van der Waals surface area contributed by atoms with Crippen LogP contribution in [0.15, 0.2) is 48.5 Å². The van der Waals surface area contributed by atoms with Gasteiger partial charge in [-0.1, -0.05) is 30.3 Å². The Balaban J connectivity index is 1.42. The van der Waals surface area contributed by atoms with Crippen molar-refractivity contribution in [3.63, 3.8) is 0 Å². The highest BCUT2D eigenvalue weighted by Crippen LogP contribution is 2.47. The van der Waals surface area contributed by atoms with E-state index in [0.717, 1.165) is 16.9 Å². The summed E-state index contributed by atoms with van der Waals surface area (Å²) in [6.45, 7) is 0.563. The van der Waals surface area contributed by atoms with Gasteiger partial charge in [-0.05, 0) is 44.3 Å². The number of ether oxygens (including phenoxy) is 2. The van der Waals surface area contributed by atoms with Crippen LogP contribution >= 0.6 is 0 Å². The number of likely N-dealkylation sites (N-methyl/N-ethyl adjacent to an activating group) is 1. The topological polar surface area (TPSA) is 100 Å². The number of aliphatic hydroxyl groups excluding tert-OH is 1. The van der Waals surface area contributed by atoms with Gasteiger partial charge >= 0.3 is 0 Å². The summed E-state index contributed by atoms with van der Waals surface area (Å²) in [6, 6.07) is 15.3. The van der Waals surface area contributed by atoms with E-state index in [1.165, 1.54) is 0 Å². The molecule has 2 aliphatic rings. The number of fused-ring (bicyclic) bond motifs is 3. The van der Waals surface area contributed by atoms with Gasteiger partial charge in [0.1, 0.15) is 18.0 Å². The van der Waals surface area contributed by atoms with Crippen LogP contribution in [0, 0.1) is 0 Å². The Labute approximate surface area is 193 Å². The molecule has 4 atom stereocenters. The van der Waals surface area contributed by atoms with Crippen molar-refractivity contribution in [1.29, 1.82) is 0 Å². The van der Waals surface area contributed by atoms with Crippen molar-refractivity contribution >= 4 is 17.5 Å². The van der Waals surface area contributed by atoms with Crippen molar-refractivity contribution in [3.05, 3.63) is 59.7 Å². The van der Waals surface area contributed by atoms with Gasteiger partial charge in [0.15, 0.2) is 0 Å². The summed E-state index contributed by atoms with van der Waals surface area (Å²) >= 11 is 0. The molecule has 2 aromatic rings. The first-order chi connectivity index (χ1) is 15.9. The zero-order valence-corrected chi connectivity index (χ0v) is 19.0. The van der Waals surface area contributed by atoms with Gasteiger partial charge in [0.2, 0.25) is 11.8 Å². The number of nitrogens with zero attached hydrogens (tertiary/aromatic N) is 1. The molecular formula is C25H31N3O5. The predicted octanol–water partition coefficient (Wildman–Crippen LogP) is 1.89. The predicted molar refractivity (Wildman–Crippen MR) is 124 cm³/mol. The number of aliphatic hydroxyl groups is 1. The number of benzene rings is 2. The molecule has 2 heterocycles. The first-order valence-corrected chi connectivity index (χ1v) is 11.2. The first kappa shape index (κ1) is 23.2. The Morgan fingerprint density at radius 1 is 1.12 bits per heavy atom. The zero-order valence-electron chi connectivity index (χ0n) is 19.0. The van der Waals surface area contributed by atoms with E-state index in [2.05, 4.69) is 10.6 Å². The first-order valence-electron chi connectivity index (χ1n) is 11.2. The molecule has 0 aromatic heterocycles. The molecule has 2 aliphatic heterocycles. The number of anilines is 1. The maximum atomic E-state index is 12.5. The molecule has 0 bridgehead atoms. The molecule has 2 aromatic carbocycles. The number of carbonyl (C=O) groups excluding carboxylic acids is 2. The van der Waals surface area contributed by atoms with Gasteiger partial charge in [-0.25, -0.2) is 0 Å². The molecular weight excluding hydrogens is 422 g/mol. The average Bonchev–Trinajstić information content (AvgIpc) is 3.15. The minimum Gasteiger partial charge on any atom is -0.487 e. The summed E-state index contributed by atoms with van der Waals surface area (Å²) in [6.07, 6.45) is -0.361. The minimum absolute atomic E-state index is 0.0245. The third-order valence-electron chi connectivity index (χ3n) is 5.99. The fourth-order valence-electron chi connectivity index (χ4n) is 4.53. The van der Waals surface area contributed by atoms with E-state index in [9.17, 15) is 14.7 Å². The SMILES string of the molecule is CN(C)CC(=O)Nc1ccc2c(c1)[C@@H]1C[C@@H](CC(=O)NCc3ccccc3)O[C@@H](CO)[C@@H]1O2. The quantitative estimate of drug-likeness (QED) is 0.565. The Bertz CT molecular complexity index is 981. The number of hydrogen-bond donors (Lipinski definition) is 3. The van der Waals surface area contributed by atoms with Gasteiger partial charge in [0.05, 0.1) is 25.7 Å². The van der Waals surface area contributed by atoms with E-state index >= 15 is 0 Å². The van der Waals surface area contributed by atoms with Crippen LogP contribution in [0.1, 0.15) is 29.9 Å². The molecule has 8 nitrogen and oxygen atoms in total. The summed E-state index contributed by atoms with van der Waals surface area (Å²) in [4.78, 5) is 26.5. The number of carbonyl (C=O) groups is 2. The highest BCUT2D eigenvalue weighted by Gasteiger charge is 2.46. The third kappa shape index (κ3) is 5.71. The lowest BCUT2D eigenvalue weighted by Gasteiger charge is -2.37. The van der Waals surface area contributed by atoms with Gasteiger partial charge < -0.3 is 30.1 Å². The van der Waals surface area contributed by atoms with Gasteiger partial charge in [0.25, 0.3) is 0 Å². The van der Waals surface area contributed by atoms with Crippen LogP contribution in [0.5, 0.6) is 5.75 Å². The largest absolute Gasteiger partial charge is 0.487 e. The van der Waals surface area contributed by atoms with Crippen molar-refractivity contribution in [2.45, 2.75) is 43.6 Å². The van der Waals surface area contributed by atoms with E-state index in [0.29, 0.717) is 25.2 Å². The minimum atomic E-state index is -0.519. The number of nitrogens with one attached hydrogen (secondary N) is 2. The monoisotopic (exact) mass is 453 g/mol. The number of rotatable bonds is 8. The lowest BCUT2D eigenvalue weighted by Crippen LogP contribution is -2.47. The Morgan fingerprint density at radius 3 is 2.64 bits per heavy atom. The molecule has 1 fully saturated rings. The molecule has 1 saturated heterocycles. The molecule has 33 heavy (non-hydrogen) atoms. The highest BCUT2D eigenvalue weighted by molar-refractivity contribution is 5.92. The molecule has 0 spiro atoms. The van der Waals surface area contributed by atoms with Crippen molar-refractivity contribution in [1.82, 2.24) is 10.2 Å². The smallest absolute Gasteiger partial charge is 0.238 e. The van der Waals surface area contributed by atoms with Crippen LogP contribution in [-0.2, 0) is 20.9 Å². The van der Waals surface area contributed by atoms with Crippen LogP contribution < -0.4 is 15.4 Å². The lowest BCUT2D eigenvalue weighted by molar-refractivity contribution is -0.142. The van der Waals surface area contributed by atoms with E-state index in [1.807, 2.05) is 62.6 Å². The second-order valence-electron chi connectivity index (χ2n) is 8.91. The van der Waals surface area contributed by atoms with Crippen LogP contribution in [0.4, 0.5) is 5.69 Å². The number of amides is 2. The third-order valence-corrected chi connectivity index (χ3v) is 5.99. The summed E-state index contributed by atoms with van der Waals surface area (Å²) < 4.78 is 12.1. The van der Waals surface area contributed by atoms with Gasteiger partial charge in [-0.2, -0.15) is 0 Å². The van der Waals surface area contributed by atoms with Crippen LogP contribution in [-0.4, -0.2) is 67.4 Å². The Hall–Kier alpha value is -2.94. The summed E-state index contributed by atoms with van der Waals surface area (Å²) in [5, 5.41) is 15.8. The van der Waals surface area contributed by atoms with E-state index in [4.69, 9.17) is 9.47 Å². The van der Waals surface area contributed by atoms with Crippen LogP contribution in [0.3, 0.4) is 0 Å². The molecule has 0 unspecified atom stereocenters. The molecule has 2 amide bonds. The molecule has 4 rings (SSSR count). The second kappa shape index (κ2) is 10.3. The van der Waals surface area contributed by atoms with Crippen molar-refractivity contribution < 1.29 is 24.2 Å². The normalized spacial score (nSPS) is 23.4. The molecule has 176 valence electrons. The highest BCUT2D eigenvalue weighted by atomic mass is 16.6. The average molecular weight is 454 g/mol. The van der Waals surface area contributed by atoms with E-state index in [-0.39, 0.29) is 43.0 Å². The Kier molecular flexibility index (Phi) is 7.27. The van der Waals surface area contributed by atoms with Gasteiger partial charge in [0, 0.05) is 23.7 Å². The molecule has 0 aliphatic carbocycles. The standard InChI is InChI=1S/C25H31N3O5/c1-28(2)14-24(31)27-17-8-9-21-19(10-17)20-11-18(32-22(15-29)25(20)33-21)12-23(30)26-13-16-6-4-3-5-7-16/h3-10,18,20,22,25,29H,11-15H2,1-2H3,(H,26,30)(H,27,31)/t18-,20-,22-,25+/m0/s1. The molecule has 0 radical (unpaired) electrons. The van der Waals surface area contributed by atoms with E-state index < -0.39 is 6.10 Å². The number of hydrogen-bond acceptors (Lipinski definition) is 6. The molecule has 8 heteroatoms. The molecule has 3 N–H and O–H groups in total. The zero-order chi connectivity index (χ0) is 23.4. The van der Waals surface area contributed by atoms with Gasteiger partial charge in [-0.15, -0.1) is 0 Å². The fraction of sp³-hybridized carbons (Fsp3) is 0.440. The van der Waals surface area contributed by atoms with Crippen LogP contribution in [0.25, 0.3) is 0 Å². The van der Waals surface area contributed by atoms with E-state index in [1.54, 1.807) is 4.90 Å². The summed E-state index contributed by atoms with van der Waals surface area (Å²) in [7, 11) is 3.68. The Morgan fingerprint density at radius 2 is 1.91 bits per heavy atom. The summed E-state index contributed by atoms with van der Waals surface area (Å²) in [5.41, 5.74) is 2.71. The maximum absolute atomic E-state index is 12.5.